The summed E-state index contributed by atoms with van der Waals surface area (Å²) in [5.41, 5.74) is 8.28. The van der Waals surface area contributed by atoms with Gasteiger partial charge in [-0.2, -0.15) is 5.26 Å². The quantitative estimate of drug-likeness (QED) is 0.709. The maximum atomic E-state index is 12.3. The van der Waals surface area contributed by atoms with E-state index in [4.69, 9.17) is 15.2 Å². The lowest BCUT2D eigenvalue weighted by molar-refractivity contribution is -0.914. The lowest BCUT2D eigenvalue weighted by atomic mass is 10.1. The van der Waals surface area contributed by atoms with Crippen molar-refractivity contribution >= 4 is 28.0 Å². The molecule has 2 heterocycles. The van der Waals surface area contributed by atoms with E-state index in [1.165, 1.54) is 10.6 Å². The number of esters is 1. The number of ether oxygens (including phenoxy) is 2. The topological polar surface area (TPSA) is 93.0 Å². The molecule has 28 heavy (non-hydrogen) atoms. The average molecular weight is 402 g/mol. The monoisotopic (exact) mass is 401 g/mol. The lowest BCUT2D eigenvalue weighted by Gasteiger charge is -2.33. The molecule has 1 aliphatic heterocycles. The molecule has 1 saturated heterocycles. The van der Waals surface area contributed by atoms with Crippen molar-refractivity contribution in [3.8, 4) is 11.8 Å². The van der Waals surface area contributed by atoms with Crippen molar-refractivity contribution in [2.24, 2.45) is 0 Å². The Morgan fingerprint density at radius 1 is 1.32 bits per heavy atom. The Morgan fingerprint density at radius 3 is 2.57 bits per heavy atom. The summed E-state index contributed by atoms with van der Waals surface area (Å²) >= 11 is 1.15. The van der Waals surface area contributed by atoms with Crippen molar-refractivity contribution in [3.05, 3.63) is 40.3 Å². The van der Waals surface area contributed by atoms with Gasteiger partial charge in [0.2, 0.25) is 0 Å². The molecular weight excluding hydrogens is 376 g/mol. The average Bonchev–Trinajstić information content (AvgIpc) is 3.04. The van der Waals surface area contributed by atoms with Gasteiger partial charge in [-0.05, 0) is 31.2 Å². The summed E-state index contributed by atoms with van der Waals surface area (Å²) < 4.78 is 10.4. The highest BCUT2D eigenvalue weighted by molar-refractivity contribution is 7.18. The third-order valence-corrected chi connectivity index (χ3v) is 5.98. The fraction of sp³-hybridized carbons (Fsp3) is 0.400. The Balaban J connectivity index is 1.69. The predicted molar refractivity (Wildman–Crippen MR) is 109 cm³/mol. The van der Waals surface area contributed by atoms with E-state index in [1.807, 2.05) is 12.1 Å². The highest BCUT2D eigenvalue weighted by atomic mass is 32.1. The molecule has 3 rings (SSSR count). The van der Waals surface area contributed by atoms with Crippen LogP contribution in [0.3, 0.4) is 0 Å². The van der Waals surface area contributed by atoms with Crippen molar-refractivity contribution in [2.75, 3.05) is 50.5 Å². The number of hydrogen-bond acceptors (Lipinski definition) is 7. The van der Waals surface area contributed by atoms with E-state index >= 15 is 0 Å². The van der Waals surface area contributed by atoms with Crippen LogP contribution in [0.1, 0.15) is 27.7 Å². The van der Waals surface area contributed by atoms with Crippen LogP contribution in [-0.4, -0.2) is 45.9 Å². The molecule has 8 heteroatoms. The second-order valence-electron chi connectivity index (χ2n) is 6.59. The maximum absolute atomic E-state index is 12.3. The number of nitriles is 1. The standard InChI is InChI=1S/C20H24N4O3S/c1-3-27-20(25)18-17(16(12-21)19(22)28-18)13-23-8-10-24(11-9-23)14-4-6-15(26-2)7-5-14/h4-7H,3,8-11,13,22H2,1-2H3/p+1. The molecule has 0 bridgehead atoms. The van der Waals surface area contributed by atoms with Crippen LogP contribution >= 0.6 is 11.3 Å². The van der Waals surface area contributed by atoms with E-state index in [1.54, 1.807) is 14.0 Å². The first-order valence-corrected chi connectivity index (χ1v) is 10.1. The number of carbonyl (C=O) groups is 1. The Morgan fingerprint density at radius 2 is 2.00 bits per heavy atom. The first kappa shape index (κ1) is 20.0. The van der Waals surface area contributed by atoms with Gasteiger partial charge in [0.15, 0.2) is 0 Å². The van der Waals surface area contributed by atoms with Gasteiger partial charge in [-0.3, -0.25) is 0 Å². The number of anilines is 2. The van der Waals surface area contributed by atoms with E-state index in [9.17, 15) is 10.1 Å². The van der Waals surface area contributed by atoms with Crippen LogP contribution in [0.2, 0.25) is 0 Å². The van der Waals surface area contributed by atoms with Crippen LogP contribution in [0, 0.1) is 11.3 Å². The van der Waals surface area contributed by atoms with Gasteiger partial charge in [-0.1, -0.05) is 0 Å². The third-order valence-electron chi connectivity index (χ3n) is 4.94. The molecule has 1 aromatic carbocycles. The molecular formula is C20H25N4O3S+. The smallest absolute Gasteiger partial charge is 0.348 e. The third kappa shape index (κ3) is 4.21. The molecule has 148 valence electrons. The van der Waals surface area contributed by atoms with E-state index in [0.717, 1.165) is 48.8 Å². The highest BCUT2D eigenvalue weighted by Gasteiger charge is 2.28. The molecule has 2 aromatic rings. The highest BCUT2D eigenvalue weighted by Crippen LogP contribution is 2.31. The number of benzene rings is 1. The normalized spacial score (nSPS) is 14.5. The number of carbonyl (C=O) groups excluding carboxylic acids is 1. The van der Waals surface area contributed by atoms with Gasteiger partial charge in [-0.15, -0.1) is 11.3 Å². The summed E-state index contributed by atoms with van der Waals surface area (Å²) in [6.07, 6.45) is 0. The molecule has 1 aliphatic rings. The van der Waals surface area contributed by atoms with Gasteiger partial charge in [0.05, 0.1) is 51.0 Å². The molecule has 0 radical (unpaired) electrons. The predicted octanol–water partition coefficient (Wildman–Crippen LogP) is 1.29. The van der Waals surface area contributed by atoms with Gasteiger partial charge in [0.1, 0.15) is 28.2 Å². The molecule has 0 unspecified atom stereocenters. The van der Waals surface area contributed by atoms with Gasteiger partial charge in [-0.25, -0.2) is 4.79 Å². The summed E-state index contributed by atoms with van der Waals surface area (Å²) in [7, 11) is 1.66. The maximum Gasteiger partial charge on any atom is 0.348 e. The number of nitrogens with zero attached hydrogens (tertiary/aromatic N) is 2. The van der Waals surface area contributed by atoms with Gasteiger partial charge in [0, 0.05) is 5.69 Å². The number of piperazine rings is 1. The molecule has 0 saturated carbocycles. The zero-order valence-electron chi connectivity index (χ0n) is 16.2. The summed E-state index contributed by atoms with van der Waals surface area (Å²) in [6, 6.07) is 10.2. The SMILES string of the molecule is CCOC(=O)c1sc(N)c(C#N)c1C[NH+]1CCN(c2ccc(OC)cc2)CC1. The van der Waals surface area contributed by atoms with Crippen molar-refractivity contribution < 1.29 is 19.2 Å². The number of thiophene rings is 1. The fourth-order valence-electron chi connectivity index (χ4n) is 3.44. The number of nitrogen functional groups attached to an aromatic ring is 1. The van der Waals surface area contributed by atoms with Gasteiger partial charge >= 0.3 is 5.97 Å². The number of hydrogen-bond donors (Lipinski definition) is 2. The minimum absolute atomic E-state index is 0.297. The van der Waals surface area contributed by atoms with E-state index < -0.39 is 5.97 Å². The summed E-state index contributed by atoms with van der Waals surface area (Å²) in [6.45, 7) is 6.29. The van der Waals surface area contributed by atoms with Crippen molar-refractivity contribution in [1.82, 2.24) is 0 Å². The number of nitrogens with two attached hydrogens (primary N) is 1. The summed E-state index contributed by atoms with van der Waals surface area (Å²) in [4.78, 5) is 16.4. The van der Waals surface area contributed by atoms with Gasteiger partial charge in [0.25, 0.3) is 0 Å². The first-order chi connectivity index (χ1) is 13.6. The van der Waals surface area contributed by atoms with Crippen LogP contribution in [0.25, 0.3) is 0 Å². The summed E-state index contributed by atoms with van der Waals surface area (Å²) in [5, 5.41) is 9.87. The van der Waals surface area contributed by atoms with Crippen molar-refractivity contribution in [3.63, 3.8) is 0 Å². The van der Waals surface area contributed by atoms with E-state index in [-0.39, 0.29) is 0 Å². The largest absolute Gasteiger partial charge is 0.497 e. The van der Waals surface area contributed by atoms with Gasteiger partial charge < -0.3 is 25.0 Å². The molecule has 0 amide bonds. The fourth-order valence-corrected chi connectivity index (χ4v) is 4.37. The minimum atomic E-state index is -0.396. The Labute approximate surface area is 168 Å². The summed E-state index contributed by atoms with van der Waals surface area (Å²) in [5.74, 6) is 0.450. The number of rotatable bonds is 6. The van der Waals surface area contributed by atoms with Crippen LogP contribution in [0.15, 0.2) is 24.3 Å². The molecule has 1 aromatic heterocycles. The lowest BCUT2D eigenvalue weighted by Crippen LogP contribution is -3.13. The zero-order valence-corrected chi connectivity index (χ0v) is 17.0. The molecule has 7 nitrogen and oxygen atoms in total. The number of quaternary nitrogens is 1. The van der Waals surface area contributed by atoms with Crippen molar-refractivity contribution in [2.45, 2.75) is 13.5 Å². The second kappa shape index (κ2) is 8.95. The minimum Gasteiger partial charge on any atom is -0.497 e. The first-order valence-electron chi connectivity index (χ1n) is 9.28. The molecule has 1 fully saturated rings. The number of nitrogens with one attached hydrogen (secondary N) is 1. The van der Waals surface area contributed by atoms with Crippen LogP contribution in [-0.2, 0) is 11.3 Å². The zero-order chi connectivity index (χ0) is 20.1. The van der Waals surface area contributed by atoms with Crippen LogP contribution < -0.4 is 20.3 Å². The van der Waals surface area contributed by atoms with Crippen molar-refractivity contribution in [1.29, 1.82) is 5.26 Å². The molecule has 0 atom stereocenters. The van der Waals surface area contributed by atoms with Crippen LogP contribution in [0.5, 0.6) is 5.75 Å². The Hall–Kier alpha value is -2.76. The molecule has 0 aliphatic carbocycles. The van der Waals surface area contributed by atoms with E-state index in [0.29, 0.717) is 28.6 Å². The Bertz CT molecular complexity index is 865. The second-order valence-corrected chi connectivity index (χ2v) is 7.65. The van der Waals surface area contributed by atoms with Crippen LogP contribution in [0.4, 0.5) is 10.7 Å². The van der Waals surface area contributed by atoms with E-state index in [2.05, 4.69) is 23.1 Å². The molecule has 0 spiro atoms. The number of methoxy groups -OCH3 is 1. The Kier molecular flexibility index (Phi) is 6.39. The molecule has 3 N–H and O–H groups in total.